The summed E-state index contributed by atoms with van der Waals surface area (Å²) >= 11 is 5.79. The summed E-state index contributed by atoms with van der Waals surface area (Å²) in [5, 5.41) is 3.66. The fourth-order valence-corrected chi connectivity index (χ4v) is 1.89. The van der Waals surface area contributed by atoms with Gasteiger partial charge in [0.2, 0.25) is 0 Å². The molecule has 0 heterocycles. The van der Waals surface area contributed by atoms with Crippen LogP contribution in [-0.2, 0) is 0 Å². The number of rotatable bonds is 6. The molecule has 0 atom stereocenters. The van der Waals surface area contributed by atoms with Gasteiger partial charge in [-0.15, -0.1) is 0 Å². The minimum absolute atomic E-state index is 0.0832. The van der Waals surface area contributed by atoms with E-state index in [4.69, 9.17) is 16.3 Å². The third-order valence-electron chi connectivity index (χ3n) is 2.76. The number of nitrogens with one attached hydrogen (secondary N) is 1. The lowest BCUT2D eigenvalue weighted by Gasteiger charge is -2.05. The van der Waals surface area contributed by atoms with Crippen molar-refractivity contribution in [3.63, 3.8) is 0 Å². The third-order valence-corrected chi connectivity index (χ3v) is 3.01. The average molecular weight is 302 g/mol. The van der Waals surface area contributed by atoms with E-state index in [0.29, 0.717) is 17.2 Å². The van der Waals surface area contributed by atoms with Gasteiger partial charge in [-0.2, -0.15) is 0 Å². The van der Waals surface area contributed by atoms with Crippen molar-refractivity contribution in [1.29, 1.82) is 0 Å². The third kappa shape index (κ3) is 4.65. The smallest absolute Gasteiger partial charge is 0.187 e. The summed E-state index contributed by atoms with van der Waals surface area (Å²) in [5.41, 5.74) is 1.46. The molecular weight excluding hydrogens is 286 g/mol. The number of halogens is 1. The highest BCUT2D eigenvalue weighted by Crippen LogP contribution is 2.17. The van der Waals surface area contributed by atoms with E-state index in [1.54, 1.807) is 30.5 Å². The summed E-state index contributed by atoms with van der Waals surface area (Å²) in [7, 11) is 0. The Bertz CT molecular complexity index is 635. The summed E-state index contributed by atoms with van der Waals surface area (Å²) in [6.45, 7) is 2.55. The maximum absolute atomic E-state index is 11.9. The highest BCUT2D eigenvalue weighted by molar-refractivity contribution is 6.30. The number of allylic oxidation sites excluding steroid dienone is 1. The lowest BCUT2D eigenvalue weighted by Crippen LogP contribution is -1.96. The maximum atomic E-state index is 11.9. The molecule has 4 heteroatoms. The second-order valence-electron chi connectivity index (χ2n) is 4.31. The molecule has 0 saturated carbocycles. The zero-order valence-corrected chi connectivity index (χ0v) is 12.4. The van der Waals surface area contributed by atoms with Gasteiger partial charge in [-0.05, 0) is 43.3 Å². The van der Waals surface area contributed by atoms with Gasteiger partial charge in [0.05, 0.1) is 6.61 Å². The molecule has 21 heavy (non-hydrogen) atoms. The Morgan fingerprint density at radius 2 is 2.00 bits per heavy atom. The van der Waals surface area contributed by atoms with Crippen molar-refractivity contribution in [2.24, 2.45) is 0 Å². The molecule has 0 bridgehead atoms. The zero-order chi connectivity index (χ0) is 15.1. The van der Waals surface area contributed by atoms with Gasteiger partial charge in [-0.3, -0.25) is 4.79 Å². The molecule has 0 aromatic heterocycles. The largest absolute Gasteiger partial charge is 0.494 e. The lowest BCUT2D eigenvalue weighted by molar-refractivity contribution is 0.104. The number of carbonyl (C=O) groups excluding carboxylic acids is 1. The van der Waals surface area contributed by atoms with Crippen LogP contribution < -0.4 is 10.1 Å². The minimum Gasteiger partial charge on any atom is -0.494 e. The van der Waals surface area contributed by atoms with Crippen LogP contribution in [-0.4, -0.2) is 12.4 Å². The van der Waals surface area contributed by atoms with Crippen LogP contribution in [0, 0.1) is 0 Å². The predicted octanol–water partition coefficient (Wildman–Crippen LogP) is 4.55. The molecule has 0 fully saturated rings. The molecule has 108 valence electrons. The molecule has 0 radical (unpaired) electrons. The van der Waals surface area contributed by atoms with Crippen LogP contribution in [0.4, 0.5) is 5.69 Å². The highest BCUT2D eigenvalue weighted by Gasteiger charge is 2.00. The zero-order valence-electron chi connectivity index (χ0n) is 11.7. The maximum Gasteiger partial charge on any atom is 0.187 e. The van der Waals surface area contributed by atoms with Crippen molar-refractivity contribution in [3.05, 3.63) is 71.4 Å². The van der Waals surface area contributed by atoms with E-state index in [9.17, 15) is 4.79 Å². The Morgan fingerprint density at radius 1 is 1.24 bits per heavy atom. The molecule has 3 nitrogen and oxygen atoms in total. The highest BCUT2D eigenvalue weighted by atomic mass is 35.5. The molecular formula is C17H16ClNO2. The summed E-state index contributed by atoms with van der Waals surface area (Å²) in [6.07, 6.45) is 3.10. The minimum atomic E-state index is -0.0832. The van der Waals surface area contributed by atoms with Crippen molar-refractivity contribution in [1.82, 2.24) is 0 Å². The number of hydrogen-bond donors (Lipinski definition) is 1. The Kier molecular flexibility index (Phi) is 5.41. The summed E-state index contributed by atoms with van der Waals surface area (Å²) in [4.78, 5) is 11.9. The Labute approximate surface area is 129 Å². The molecule has 0 aliphatic carbocycles. The molecule has 0 amide bonds. The van der Waals surface area contributed by atoms with Gasteiger partial charge in [0.25, 0.3) is 0 Å². The van der Waals surface area contributed by atoms with E-state index in [2.05, 4.69) is 5.32 Å². The topological polar surface area (TPSA) is 38.3 Å². The SMILES string of the molecule is CCOc1cccc(N/C=C/C(=O)c2ccc(Cl)cc2)c1. The normalized spacial score (nSPS) is 10.6. The molecule has 2 aromatic carbocycles. The first kappa shape index (κ1) is 15.1. The van der Waals surface area contributed by atoms with Gasteiger partial charge in [-0.25, -0.2) is 0 Å². The van der Waals surface area contributed by atoms with Gasteiger partial charge in [0.15, 0.2) is 5.78 Å². The fourth-order valence-electron chi connectivity index (χ4n) is 1.77. The molecule has 0 unspecified atom stereocenters. The first-order chi connectivity index (χ1) is 10.2. The number of ether oxygens (including phenoxy) is 1. The summed E-state index contributed by atoms with van der Waals surface area (Å²) in [5.74, 6) is 0.708. The van der Waals surface area contributed by atoms with Crippen LogP contribution in [0.15, 0.2) is 60.8 Å². The van der Waals surface area contributed by atoms with Crippen LogP contribution in [0.25, 0.3) is 0 Å². The summed E-state index contributed by atoms with van der Waals surface area (Å²) in [6, 6.07) is 14.3. The Hall–Kier alpha value is -2.26. The number of hydrogen-bond acceptors (Lipinski definition) is 3. The number of ketones is 1. The average Bonchev–Trinajstić information content (AvgIpc) is 2.48. The molecule has 1 N–H and O–H groups in total. The summed E-state index contributed by atoms with van der Waals surface area (Å²) < 4.78 is 5.41. The van der Waals surface area contributed by atoms with Crippen molar-refractivity contribution in [2.75, 3.05) is 11.9 Å². The second-order valence-corrected chi connectivity index (χ2v) is 4.75. The Balaban J connectivity index is 1.97. The molecule has 0 aliphatic rings. The van der Waals surface area contributed by atoms with Gasteiger partial charge >= 0.3 is 0 Å². The quantitative estimate of drug-likeness (QED) is 0.628. The van der Waals surface area contributed by atoms with Crippen LogP contribution >= 0.6 is 11.6 Å². The van der Waals surface area contributed by atoms with E-state index in [0.717, 1.165) is 11.4 Å². The van der Waals surface area contributed by atoms with E-state index in [1.807, 2.05) is 31.2 Å². The first-order valence-electron chi connectivity index (χ1n) is 6.65. The van der Waals surface area contributed by atoms with Crippen LogP contribution in [0.2, 0.25) is 5.02 Å². The van der Waals surface area contributed by atoms with E-state index < -0.39 is 0 Å². The van der Waals surface area contributed by atoms with Gasteiger partial charge in [-0.1, -0.05) is 17.7 Å². The molecule has 2 aromatic rings. The Morgan fingerprint density at radius 3 is 2.71 bits per heavy atom. The molecule has 2 rings (SSSR count). The lowest BCUT2D eigenvalue weighted by atomic mass is 10.1. The fraction of sp³-hybridized carbons (Fsp3) is 0.118. The van der Waals surface area contributed by atoms with Crippen molar-refractivity contribution in [2.45, 2.75) is 6.92 Å². The molecule has 0 spiro atoms. The van der Waals surface area contributed by atoms with Crippen molar-refractivity contribution < 1.29 is 9.53 Å². The number of benzene rings is 2. The van der Waals surface area contributed by atoms with Crippen molar-refractivity contribution in [3.8, 4) is 5.75 Å². The predicted molar refractivity (Wildman–Crippen MR) is 86.2 cm³/mol. The second kappa shape index (κ2) is 7.50. The van der Waals surface area contributed by atoms with Crippen LogP contribution in [0.3, 0.4) is 0 Å². The number of anilines is 1. The van der Waals surface area contributed by atoms with Gasteiger partial charge in [0, 0.05) is 34.6 Å². The van der Waals surface area contributed by atoms with Crippen LogP contribution in [0.5, 0.6) is 5.75 Å². The van der Waals surface area contributed by atoms with Crippen molar-refractivity contribution >= 4 is 23.1 Å². The molecule has 0 aliphatic heterocycles. The van der Waals surface area contributed by atoms with Crippen LogP contribution in [0.1, 0.15) is 17.3 Å². The van der Waals surface area contributed by atoms with E-state index in [1.165, 1.54) is 6.08 Å². The molecule has 0 saturated heterocycles. The van der Waals surface area contributed by atoms with E-state index >= 15 is 0 Å². The number of carbonyl (C=O) groups is 1. The standard InChI is InChI=1S/C17H16ClNO2/c1-2-21-16-5-3-4-15(12-16)19-11-10-17(20)13-6-8-14(18)9-7-13/h3-12,19H,2H2,1H3/b11-10+. The monoisotopic (exact) mass is 301 g/mol. The van der Waals surface area contributed by atoms with E-state index in [-0.39, 0.29) is 5.78 Å². The van der Waals surface area contributed by atoms with Gasteiger partial charge in [0.1, 0.15) is 5.75 Å². The first-order valence-corrected chi connectivity index (χ1v) is 7.02. The van der Waals surface area contributed by atoms with Gasteiger partial charge < -0.3 is 10.1 Å².